The van der Waals surface area contributed by atoms with Crippen LogP contribution in [0.25, 0.3) is 0 Å². The molecule has 6 nitrogen and oxygen atoms in total. The van der Waals surface area contributed by atoms with Crippen molar-refractivity contribution in [1.29, 1.82) is 0 Å². The van der Waals surface area contributed by atoms with E-state index in [2.05, 4.69) is 5.32 Å². The number of aliphatic hydroxyl groups excluding tert-OH is 1. The Kier molecular flexibility index (Phi) is 5.09. The number of amides is 2. The summed E-state index contributed by atoms with van der Waals surface area (Å²) in [7, 11) is 0. The van der Waals surface area contributed by atoms with E-state index in [1.54, 1.807) is 4.90 Å². The first-order chi connectivity index (χ1) is 13.3. The van der Waals surface area contributed by atoms with E-state index >= 15 is 0 Å². The summed E-state index contributed by atoms with van der Waals surface area (Å²) in [6.45, 7) is 2.48. The van der Waals surface area contributed by atoms with Crippen LogP contribution in [0.15, 0.2) is 18.2 Å². The van der Waals surface area contributed by atoms with Crippen molar-refractivity contribution in [2.45, 2.75) is 44.4 Å². The zero-order valence-electron chi connectivity index (χ0n) is 15.7. The number of hydrogen-bond acceptors (Lipinski definition) is 4. The molecular weight excluding hydrogens is 368 g/mol. The summed E-state index contributed by atoms with van der Waals surface area (Å²) in [6, 6.07) is 3.40. The number of rotatable bonds is 3. The molecular formula is C20H25F2N3O3. The summed E-state index contributed by atoms with van der Waals surface area (Å²) < 4.78 is 26.5. The Hall–Kier alpha value is -2.06. The van der Waals surface area contributed by atoms with Crippen LogP contribution >= 0.6 is 0 Å². The number of halogens is 2. The molecule has 3 aliphatic heterocycles. The minimum atomic E-state index is -0.906. The van der Waals surface area contributed by atoms with Gasteiger partial charge in [0.25, 0.3) is 0 Å². The van der Waals surface area contributed by atoms with Gasteiger partial charge in [-0.25, -0.2) is 8.78 Å². The summed E-state index contributed by atoms with van der Waals surface area (Å²) in [5, 5.41) is 12.7. The second-order valence-electron chi connectivity index (χ2n) is 8.35. The number of carbonyl (C=O) groups excluding carboxylic acids is 2. The summed E-state index contributed by atoms with van der Waals surface area (Å²) in [5.74, 6) is -1.76. The minimum Gasteiger partial charge on any atom is -0.392 e. The van der Waals surface area contributed by atoms with E-state index < -0.39 is 17.7 Å². The SMILES string of the molecule is O=C1CC2(CCN(C(=O)[C@@H]3C[C@@H](O)CN3)CC2)CN1Cc1ccc(F)c(F)c1. The van der Waals surface area contributed by atoms with Gasteiger partial charge in [-0.05, 0) is 37.0 Å². The van der Waals surface area contributed by atoms with Crippen LogP contribution in [0.1, 0.15) is 31.2 Å². The molecule has 0 radical (unpaired) electrons. The zero-order valence-corrected chi connectivity index (χ0v) is 15.7. The van der Waals surface area contributed by atoms with E-state index in [1.807, 2.05) is 4.90 Å². The Labute approximate surface area is 162 Å². The van der Waals surface area contributed by atoms with Crippen molar-refractivity contribution in [3.8, 4) is 0 Å². The normalized spacial score (nSPS) is 27.0. The molecule has 1 aromatic carbocycles. The van der Waals surface area contributed by atoms with E-state index in [1.165, 1.54) is 6.07 Å². The van der Waals surface area contributed by atoms with E-state index in [0.717, 1.165) is 25.0 Å². The van der Waals surface area contributed by atoms with Gasteiger partial charge >= 0.3 is 0 Å². The van der Waals surface area contributed by atoms with Crippen LogP contribution in [0, 0.1) is 17.0 Å². The van der Waals surface area contributed by atoms with Gasteiger partial charge in [-0.2, -0.15) is 0 Å². The third-order valence-corrected chi connectivity index (χ3v) is 6.30. The molecule has 152 valence electrons. The number of nitrogens with one attached hydrogen (secondary N) is 1. The highest BCUT2D eigenvalue weighted by Gasteiger charge is 2.46. The first-order valence-electron chi connectivity index (χ1n) is 9.77. The second-order valence-corrected chi connectivity index (χ2v) is 8.35. The number of aliphatic hydroxyl groups is 1. The van der Waals surface area contributed by atoms with Gasteiger partial charge in [-0.15, -0.1) is 0 Å². The van der Waals surface area contributed by atoms with Crippen molar-refractivity contribution in [1.82, 2.24) is 15.1 Å². The first kappa shape index (κ1) is 19.3. The van der Waals surface area contributed by atoms with Crippen molar-refractivity contribution in [3.63, 3.8) is 0 Å². The van der Waals surface area contributed by atoms with Crippen molar-refractivity contribution in [2.24, 2.45) is 5.41 Å². The average Bonchev–Trinajstić information content (AvgIpc) is 3.22. The summed E-state index contributed by atoms with van der Waals surface area (Å²) >= 11 is 0. The quantitative estimate of drug-likeness (QED) is 0.805. The summed E-state index contributed by atoms with van der Waals surface area (Å²) in [5.41, 5.74) is 0.414. The van der Waals surface area contributed by atoms with E-state index in [0.29, 0.717) is 44.6 Å². The molecule has 3 aliphatic rings. The van der Waals surface area contributed by atoms with Crippen LogP contribution in [-0.4, -0.2) is 65.0 Å². The molecule has 28 heavy (non-hydrogen) atoms. The van der Waals surface area contributed by atoms with Gasteiger partial charge in [0.2, 0.25) is 11.8 Å². The van der Waals surface area contributed by atoms with E-state index in [4.69, 9.17) is 0 Å². The molecule has 3 heterocycles. The van der Waals surface area contributed by atoms with Gasteiger partial charge in [0.1, 0.15) is 0 Å². The van der Waals surface area contributed by atoms with Crippen molar-refractivity contribution in [2.75, 3.05) is 26.2 Å². The molecule has 3 saturated heterocycles. The Bertz CT molecular complexity index is 780. The molecule has 0 unspecified atom stereocenters. The van der Waals surface area contributed by atoms with Crippen LogP contribution in [0.3, 0.4) is 0 Å². The molecule has 2 amide bonds. The van der Waals surface area contributed by atoms with E-state index in [9.17, 15) is 23.5 Å². The average molecular weight is 393 g/mol. The molecule has 0 bridgehead atoms. The van der Waals surface area contributed by atoms with Crippen LogP contribution in [0.2, 0.25) is 0 Å². The molecule has 1 aromatic rings. The molecule has 2 N–H and O–H groups in total. The number of β-amino-alcohol motifs (C(OH)–C–C–N with tert-alkyl or cyclic N) is 1. The summed E-state index contributed by atoms with van der Waals surface area (Å²) in [6.07, 6.45) is 1.89. The predicted octanol–water partition coefficient (Wildman–Crippen LogP) is 1.03. The van der Waals surface area contributed by atoms with Crippen LogP contribution < -0.4 is 5.32 Å². The Balaban J connectivity index is 1.35. The Morgan fingerprint density at radius 1 is 1.25 bits per heavy atom. The molecule has 4 rings (SSSR count). The lowest BCUT2D eigenvalue weighted by Gasteiger charge is -2.39. The molecule has 0 saturated carbocycles. The summed E-state index contributed by atoms with van der Waals surface area (Å²) in [4.78, 5) is 28.6. The lowest BCUT2D eigenvalue weighted by atomic mass is 9.77. The third-order valence-electron chi connectivity index (χ3n) is 6.30. The van der Waals surface area contributed by atoms with Gasteiger partial charge in [0.15, 0.2) is 11.6 Å². The molecule has 0 aromatic heterocycles. The number of piperidine rings is 1. The largest absolute Gasteiger partial charge is 0.392 e. The number of benzene rings is 1. The molecule has 8 heteroatoms. The molecule has 2 atom stereocenters. The van der Waals surface area contributed by atoms with Crippen LogP contribution in [0.5, 0.6) is 0 Å². The van der Waals surface area contributed by atoms with Crippen LogP contribution in [0.4, 0.5) is 8.78 Å². The number of hydrogen-bond donors (Lipinski definition) is 2. The van der Waals surface area contributed by atoms with Crippen molar-refractivity contribution < 1.29 is 23.5 Å². The minimum absolute atomic E-state index is 0.0186. The van der Waals surface area contributed by atoms with Gasteiger partial charge in [-0.1, -0.05) is 6.07 Å². The lowest BCUT2D eigenvalue weighted by molar-refractivity contribution is -0.135. The van der Waals surface area contributed by atoms with Crippen molar-refractivity contribution >= 4 is 11.8 Å². The second kappa shape index (κ2) is 7.40. The molecule has 3 fully saturated rings. The Morgan fingerprint density at radius 3 is 2.64 bits per heavy atom. The molecule has 0 aliphatic carbocycles. The predicted molar refractivity (Wildman–Crippen MR) is 97.1 cm³/mol. The monoisotopic (exact) mass is 393 g/mol. The fraction of sp³-hybridized carbons (Fsp3) is 0.600. The fourth-order valence-corrected chi connectivity index (χ4v) is 4.65. The van der Waals surface area contributed by atoms with Crippen LogP contribution in [-0.2, 0) is 16.1 Å². The van der Waals surface area contributed by atoms with Gasteiger partial charge in [-0.3, -0.25) is 9.59 Å². The van der Waals surface area contributed by atoms with E-state index in [-0.39, 0.29) is 29.8 Å². The number of likely N-dealkylation sites (tertiary alicyclic amines) is 2. The topological polar surface area (TPSA) is 72.9 Å². The standard InChI is InChI=1S/C20H25F2N3O3/c21-15-2-1-13(7-16(15)22)11-25-12-20(9-18(25)27)3-5-24(6-4-20)19(28)17-8-14(26)10-23-17/h1-2,7,14,17,23,26H,3-6,8-12H2/t14-,17+/m1/s1. The highest BCUT2D eigenvalue weighted by atomic mass is 19.2. The third kappa shape index (κ3) is 3.75. The highest BCUT2D eigenvalue weighted by molar-refractivity contribution is 5.83. The number of carbonyl (C=O) groups is 2. The van der Waals surface area contributed by atoms with Gasteiger partial charge in [0, 0.05) is 44.6 Å². The lowest BCUT2D eigenvalue weighted by Crippen LogP contribution is -2.49. The fourth-order valence-electron chi connectivity index (χ4n) is 4.65. The maximum atomic E-state index is 13.4. The Morgan fingerprint density at radius 2 is 2.00 bits per heavy atom. The smallest absolute Gasteiger partial charge is 0.239 e. The zero-order chi connectivity index (χ0) is 19.9. The highest BCUT2D eigenvalue weighted by Crippen LogP contribution is 2.41. The van der Waals surface area contributed by atoms with Crippen molar-refractivity contribution in [3.05, 3.63) is 35.4 Å². The maximum Gasteiger partial charge on any atom is 0.239 e. The first-order valence-corrected chi connectivity index (χ1v) is 9.77. The van der Waals surface area contributed by atoms with Gasteiger partial charge in [0.05, 0.1) is 12.1 Å². The molecule has 1 spiro atoms. The van der Waals surface area contributed by atoms with Gasteiger partial charge < -0.3 is 20.2 Å². The number of nitrogens with zero attached hydrogens (tertiary/aromatic N) is 2. The maximum absolute atomic E-state index is 13.4.